The Balaban J connectivity index is 1.96. The van der Waals surface area contributed by atoms with Gasteiger partial charge in [0.15, 0.2) is 17.5 Å². The summed E-state index contributed by atoms with van der Waals surface area (Å²) in [4.78, 5) is 21.4. The number of nitrogens with two attached hydrogens (primary N) is 2. The Morgan fingerprint density at radius 2 is 2.00 bits per heavy atom. The molecule has 140 valence electrons. The van der Waals surface area contributed by atoms with Crippen LogP contribution in [0.3, 0.4) is 0 Å². The minimum Gasteiger partial charge on any atom is -0.365 e. The minimum absolute atomic E-state index is 0.0385. The topological polar surface area (TPSA) is 150 Å². The maximum Gasteiger partial charge on any atom is 0.252 e. The fraction of sp³-hybridized carbons (Fsp3) is 0.188. The van der Waals surface area contributed by atoms with E-state index in [2.05, 4.69) is 30.8 Å². The Kier molecular flexibility index (Phi) is 5.22. The van der Waals surface area contributed by atoms with Crippen molar-refractivity contribution in [3.8, 4) is 5.82 Å². The van der Waals surface area contributed by atoms with Crippen LogP contribution in [0.25, 0.3) is 5.82 Å². The number of halogens is 1. The van der Waals surface area contributed by atoms with Gasteiger partial charge in [0.2, 0.25) is 0 Å². The monoisotopic (exact) mass is 371 g/mol. The van der Waals surface area contributed by atoms with E-state index in [0.29, 0.717) is 11.5 Å². The summed E-state index contributed by atoms with van der Waals surface area (Å²) in [6.07, 6.45) is 4.57. The highest BCUT2D eigenvalue weighted by molar-refractivity contribution is 5.98. The van der Waals surface area contributed by atoms with Crippen LogP contribution >= 0.6 is 0 Å². The summed E-state index contributed by atoms with van der Waals surface area (Å²) < 4.78 is 14.2. The minimum atomic E-state index is -0.814. The number of carbonyl (C=O) groups excluding carboxylic acids is 1. The van der Waals surface area contributed by atoms with Crippen molar-refractivity contribution in [3.63, 3.8) is 0 Å². The summed E-state index contributed by atoms with van der Waals surface area (Å²) in [5, 5.41) is 13.8. The van der Waals surface area contributed by atoms with Crippen LogP contribution in [-0.2, 0) is 0 Å². The van der Waals surface area contributed by atoms with E-state index in [9.17, 15) is 9.18 Å². The number of rotatable bonds is 7. The summed E-state index contributed by atoms with van der Waals surface area (Å²) in [5.74, 6) is -1.01. The second-order valence-electron chi connectivity index (χ2n) is 5.71. The lowest BCUT2D eigenvalue weighted by molar-refractivity contribution is 0.100. The summed E-state index contributed by atoms with van der Waals surface area (Å²) in [6.45, 7) is 2.06. The van der Waals surface area contributed by atoms with Crippen molar-refractivity contribution in [2.75, 3.05) is 17.2 Å². The van der Waals surface area contributed by atoms with E-state index in [0.717, 1.165) is 6.07 Å². The molecule has 0 aromatic carbocycles. The van der Waals surface area contributed by atoms with Crippen LogP contribution in [0.1, 0.15) is 17.3 Å². The number of nitrogens with zero attached hydrogens (tertiary/aromatic N) is 5. The highest BCUT2D eigenvalue weighted by Gasteiger charge is 2.17. The van der Waals surface area contributed by atoms with Gasteiger partial charge in [0.25, 0.3) is 5.91 Å². The molecule has 10 nitrogen and oxygen atoms in total. The van der Waals surface area contributed by atoms with Gasteiger partial charge in [-0.1, -0.05) is 0 Å². The Labute approximate surface area is 153 Å². The van der Waals surface area contributed by atoms with Crippen molar-refractivity contribution in [3.05, 3.63) is 48.2 Å². The molecular formula is C16H18FN9O. The van der Waals surface area contributed by atoms with E-state index in [1.165, 1.54) is 23.4 Å². The van der Waals surface area contributed by atoms with Gasteiger partial charge in [-0.05, 0) is 19.1 Å². The van der Waals surface area contributed by atoms with Gasteiger partial charge in [-0.2, -0.15) is 10.2 Å². The van der Waals surface area contributed by atoms with Gasteiger partial charge >= 0.3 is 0 Å². The normalized spacial score (nSPS) is 11.8. The number of pyridine rings is 2. The van der Waals surface area contributed by atoms with Gasteiger partial charge in [0, 0.05) is 30.5 Å². The molecule has 0 fully saturated rings. The molecular weight excluding hydrogens is 353 g/mol. The highest BCUT2D eigenvalue weighted by Crippen LogP contribution is 2.24. The molecule has 0 bridgehead atoms. The average molecular weight is 371 g/mol. The van der Waals surface area contributed by atoms with Crippen LogP contribution in [0.15, 0.2) is 36.8 Å². The van der Waals surface area contributed by atoms with Gasteiger partial charge in [0.05, 0.1) is 18.0 Å². The molecule has 0 aliphatic heterocycles. The largest absolute Gasteiger partial charge is 0.365 e. The van der Waals surface area contributed by atoms with E-state index in [4.69, 9.17) is 11.5 Å². The molecule has 3 heterocycles. The molecule has 0 saturated heterocycles. The molecule has 3 aromatic rings. The Morgan fingerprint density at radius 1 is 1.26 bits per heavy atom. The summed E-state index contributed by atoms with van der Waals surface area (Å²) >= 11 is 0. The summed E-state index contributed by atoms with van der Waals surface area (Å²) in [5.41, 5.74) is 11.4. The lowest BCUT2D eigenvalue weighted by atomic mass is 10.2. The first-order chi connectivity index (χ1) is 13.0. The molecule has 27 heavy (non-hydrogen) atoms. The highest BCUT2D eigenvalue weighted by atomic mass is 19.1. The zero-order chi connectivity index (χ0) is 19.4. The van der Waals surface area contributed by atoms with Crippen molar-refractivity contribution >= 4 is 23.2 Å². The maximum absolute atomic E-state index is 14.2. The third-order valence-corrected chi connectivity index (χ3v) is 3.61. The molecule has 1 amide bonds. The van der Waals surface area contributed by atoms with Crippen molar-refractivity contribution in [2.24, 2.45) is 11.5 Å². The number of anilines is 3. The molecule has 1 atom stereocenters. The van der Waals surface area contributed by atoms with Crippen molar-refractivity contribution in [1.82, 2.24) is 25.0 Å². The Hall–Kier alpha value is -3.60. The zero-order valence-electron chi connectivity index (χ0n) is 14.4. The van der Waals surface area contributed by atoms with E-state index in [-0.39, 0.29) is 29.8 Å². The predicted octanol–water partition coefficient (Wildman–Crippen LogP) is 0.798. The van der Waals surface area contributed by atoms with Gasteiger partial charge < -0.3 is 22.1 Å². The van der Waals surface area contributed by atoms with Crippen LogP contribution in [0.4, 0.5) is 21.7 Å². The van der Waals surface area contributed by atoms with Gasteiger partial charge in [0.1, 0.15) is 5.82 Å². The first-order valence-corrected chi connectivity index (χ1v) is 8.04. The zero-order valence-corrected chi connectivity index (χ0v) is 14.4. The van der Waals surface area contributed by atoms with Crippen molar-refractivity contribution < 1.29 is 9.18 Å². The number of primary amides is 1. The first kappa shape index (κ1) is 18.2. The van der Waals surface area contributed by atoms with E-state index >= 15 is 0 Å². The van der Waals surface area contributed by atoms with E-state index in [1.54, 1.807) is 19.1 Å². The van der Waals surface area contributed by atoms with Gasteiger partial charge in [-0.3, -0.25) is 4.79 Å². The maximum atomic E-state index is 14.2. The fourth-order valence-electron chi connectivity index (χ4n) is 2.24. The van der Waals surface area contributed by atoms with Crippen molar-refractivity contribution in [2.45, 2.75) is 13.0 Å². The number of amides is 1. The molecule has 0 unspecified atom stereocenters. The molecule has 3 aromatic heterocycles. The number of nitrogens with one attached hydrogen (secondary N) is 2. The smallest absolute Gasteiger partial charge is 0.252 e. The van der Waals surface area contributed by atoms with Crippen LogP contribution in [0, 0.1) is 5.82 Å². The second kappa shape index (κ2) is 7.74. The van der Waals surface area contributed by atoms with Crippen LogP contribution in [0.2, 0.25) is 0 Å². The van der Waals surface area contributed by atoms with Crippen LogP contribution < -0.4 is 22.1 Å². The molecule has 11 heteroatoms. The lowest BCUT2D eigenvalue weighted by Crippen LogP contribution is -2.26. The van der Waals surface area contributed by atoms with Crippen molar-refractivity contribution in [1.29, 1.82) is 0 Å². The molecule has 3 rings (SSSR count). The second-order valence-corrected chi connectivity index (χ2v) is 5.71. The Bertz CT molecular complexity index is 945. The SMILES string of the molecule is C[C@H](CN)Nc1nc(Nc2ccnc(-n3nccn3)c2)c(C(N)=O)cc1F. The molecule has 0 aliphatic rings. The number of hydrogen-bond acceptors (Lipinski definition) is 8. The molecule has 6 N–H and O–H groups in total. The standard InChI is InChI=1S/C16H18FN9O/c1-9(8-18)23-16-12(17)7-11(14(19)27)15(25-16)24-10-2-3-20-13(6-10)26-21-4-5-22-26/h2-7,9H,8,18H2,1H3,(H2,19,27)(H2,20,23,24,25)/t9-/m1/s1. The Morgan fingerprint density at radius 3 is 2.67 bits per heavy atom. The van der Waals surface area contributed by atoms with E-state index < -0.39 is 11.7 Å². The number of hydrogen-bond donors (Lipinski definition) is 4. The molecule has 0 radical (unpaired) electrons. The quantitative estimate of drug-likeness (QED) is 0.476. The first-order valence-electron chi connectivity index (χ1n) is 8.04. The third-order valence-electron chi connectivity index (χ3n) is 3.61. The van der Waals surface area contributed by atoms with Gasteiger partial charge in [-0.25, -0.2) is 14.4 Å². The third kappa shape index (κ3) is 4.15. The number of aromatic nitrogens is 5. The number of carbonyl (C=O) groups is 1. The predicted molar refractivity (Wildman–Crippen MR) is 97.3 cm³/mol. The summed E-state index contributed by atoms with van der Waals surface area (Å²) in [7, 11) is 0. The average Bonchev–Trinajstić information content (AvgIpc) is 3.19. The molecule has 0 aliphatic carbocycles. The fourth-order valence-corrected chi connectivity index (χ4v) is 2.24. The van der Waals surface area contributed by atoms with Gasteiger partial charge in [-0.15, -0.1) is 4.80 Å². The molecule has 0 spiro atoms. The van der Waals surface area contributed by atoms with Crippen LogP contribution in [0.5, 0.6) is 0 Å². The van der Waals surface area contributed by atoms with Crippen LogP contribution in [-0.4, -0.2) is 43.5 Å². The lowest BCUT2D eigenvalue weighted by Gasteiger charge is -2.16. The molecule has 0 saturated carbocycles. The summed E-state index contributed by atoms with van der Waals surface area (Å²) in [6, 6.07) is 4.11. The van der Waals surface area contributed by atoms with E-state index in [1.807, 2.05) is 0 Å².